The number of amides is 2. The number of carbonyl (C=O) groups is 1. The van der Waals surface area contributed by atoms with E-state index < -0.39 is 23.7 Å². The SMILES string of the molecule is CC(C)(CO)NC(=O)Nc1cccc(OC(F)(F)F)c1. The summed E-state index contributed by atoms with van der Waals surface area (Å²) in [5.41, 5.74) is -0.706. The van der Waals surface area contributed by atoms with Gasteiger partial charge >= 0.3 is 12.4 Å². The highest BCUT2D eigenvalue weighted by Gasteiger charge is 2.31. The number of aliphatic hydroxyl groups is 1. The van der Waals surface area contributed by atoms with Crippen molar-refractivity contribution in [3.63, 3.8) is 0 Å². The highest BCUT2D eigenvalue weighted by Crippen LogP contribution is 2.25. The van der Waals surface area contributed by atoms with Gasteiger partial charge in [-0.25, -0.2) is 4.79 Å². The molecule has 3 N–H and O–H groups in total. The summed E-state index contributed by atoms with van der Waals surface area (Å²) >= 11 is 0. The van der Waals surface area contributed by atoms with Crippen LogP contribution in [0.3, 0.4) is 0 Å². The second kappa shape index (κ2) is 6.00. The fourth-order valence-corrected chi connectivity index (χ4v) is 1.28. The molecule has 0 spiro atoms. The van der Waals surface area contributed by atoms with Gasteiger partial charge in [0.2, 0.25) is 0 Å². The van der Waals surface area contributed by atoms with Crippen molar-refractivity contribution in [2.24, 2.45) is 0 Å². The smallest absolute Gasteiger partial charge is 0.406 e. The van der Waals surface area contributed by atoms with Crippen molar-refractivity contribution in [1.29, 1.82) is 0 Å². The van der Waals surface area contributed by atoms with Crippen LogP contribution in [0.2, 0.25) is 0 Å². The highest BCUT2D eigenvalue weighted by molar-refractivity contribution is 5.89. The number of halogens is 3. The predicted octanol–water partition coefficient (Wildman–Crippen LogP) is 2.48. The van der Waals surface area contributed by atoms with Crippen LogP contribution in [0.25, 0.3) is 0 Å². The Bertz CT molecular complexity index is 475. The molecular formula is C12H15F3N2O3. The van der Waals surface area contributed by atoms with E-state index in [1.807, 2.05) is 0 Å². The molecule has 5 nitrogen and oxygen atoms in total. The Balaban J connectivity index is 2.69. The van der Waals surface area contributed by atoms with Crippen molar-refractivity contribution in [3.05, 3.63) is 24.3 Å². The van der Waals surface area contributed by atoms with Gasteiger partial charge in [-0.05, 0) is 26.0 Å². The molecule has 1 rings (SSSR count). The number of aliphatic hydroxyl groups excluding tert-OH is 1. The number of benzene rings is 1. The first-order valence-electron chi connectivity index (χ1n) is 5.67. The van der Waals surface area contributed by atoms with Gasteiger partial charge in [-0.2, -0.15) is 0 Å². The topological polar surface area (TPSA) is 70.6 Å². The Labute approximate surface area is 113 Å². The standard InChI is InChI=1S/C12H15F3N2O3/c1-11(2,7-18)17-10(19)16-8-4-3-5-9(6-8)20-12(13,14)15/h3-6,18H,7H2,1-2H3,(H2,16,17,19). The molecule has 1 aromatic carbocycles. The molecule has 0 saturated carbocycles. The molecule has 0 saturated heterocycles. The molecule has 1 aromatic rings. The summed E-state index contributed by atoms with van der Waals surface area (Å²) in [7, 11) is 0. The fraction of sp³-hybridized carbons (Fsp3) is 0.417. The van der Waals surface area contributed by atoms with E-state index in [4.69, 9.17) is 5.11 Å². The van der Waals surface area contributed by atoms with Gasteiger partial charge in [-0.1, -0.05) is 6.07 Å². The number of carbonyl (C=O) groups excluding carboxylic acids is 1. The largest absolute Gasteiger partial charge is 0.573 e. The first kappa shape index (κ1) is 16.1. The van der Waals surface area contributed by atoms with Crippen molar-refractivity contribution in [2.75, 3.05) is 11.9 Å². The lowest BCUT2D eigenvalue weighted by atomic mass is 10.1. The van der Waals surface area contributed by atoms with Gasteiger partial charge in [0.1, 0.15) is 5.75 Å². The second-order valence-corrected chi connectivity index (χ2v) is 4.70. The van der Waals surface area contributed by atoms with E-state index in [0.717, 1.165) is 12.1 Å². The van der Waals surface area contributed by atoms with Crippen molar-refractivity contribution in [3.8, 4) is 5.75 Å². The zero-order valence-corrected chi connectivity index (χ0v) is 10.9. The number of hydrogen-bond acceptors (Lipinski definition) is 3. The molecule has 0 heterocycles. The molecular weight excluding hydrogens is 277 g/mol. The highest BCUT2D eigenvalue weighted by atomic mass is 19.4. The van der Waals surface area contributed by atoms with Gasteiger partial charge < -0.3 is 20.5 Å². The minimum absolute atomic E-state index is 0.137. The zero-order chi connectivity index (χ0) is 15.4. The average molecular weight is 292 g/mol. The second-order valence-electron chi connectivity index (χ2n) is 4.70. The third-order valence-electron chi connectivity index (χ3n) is 2.17. The van der Waals surface area contributed by atoms with Gasteiger partial charge in [0.15, 0.2) is 0 Å². The van der Waals surface area contributed by atoms with Gasteiger partial charge in [0.05, 0.1) is 12.1 Å². The van der Waals surface area contributed by atoms with Crippen LogP contribution < -0.4 is 15.4 Å². The van der Waals surface area contributed by atoms with Crippen LogP contribution in [-0.2, 0) is 0 Å². The van der Waals surface area contributed by atoms with E-state index >= 15 is 0 Å². The molecule has 0 unspecified atom stereocenters. The summed E-state index contributed by atoms with van der Waals surface area (Å²) in [6.07, 6.45) is -4.79. The van der Waals surface area contributed by atoms with Gasteiger partial charge in [-0.15, -0.1) is 13.2 Å². The molecule has 112 valence electrons. The number of hydrogen-bond donors (Lipinski definition) is 3. The summed E-state index contributed by atoms with van der Waals surface area (Å²) in [6, 6.07) is 4.24. The minimum atomic E-state index is -4.79. The van der Waals surface area contributed by atoms with Crippen molar-refractivity contribution in [2.45, 2.75) is 25.7 Å². The first-order chi connectivity index (χ1) is 9.11. The Morgan fingerprint density at radius 3 is 2.55 bits per heavy atom. The number of urea groups is 1. The van der Waals surface area contributed by atoms with Crippen molar-refractivity contribution < 1.29 is 27.8 Å². The zero-order valence-electron chi connectivity index (χ0n) is 10.9. The van der Waals surface area contributed by atoms with Crippen LogP contribution in [0.15, 0.2) is 24.3 Å². The molecule has 0 bridgehead atoms. The quantitative estimate of drug-likeness (QED) is 0.798. The maximum atomic E-state index is 12.1. The molecule has 0 aliphatic heterocycles. The minimum Gasteiger partial charge on any atom is -0.406 e. The van der Waals surface area contributed by atoms with Crippen LogP contribution in [0.5, 0.6) is 5.75 Å². The first-order valence-corrected chi connectivity index (χ1v) is 5.67. The molecule has 8 heteroatoms. The number of nitrogens with one attached hydrogen (secondary N) is 2. The van der Waals surface area contributed by atoms with Crippen LogP contribution in [-0.4, -0.2) is 29.6 Å². The molecule has 20 heavy (non-hydrogen) atoms. The normalized spacial score (nSPS) is 11.9. The summed E-state index contributed by atoms with van der Waals surface area (Å²) < 4.78 is 39.9. The van der Waals surface area contributed by atoms with E-state index in [1.165, 1.54) is 12.1 Å². The van der Waals surface area contributed by atoms with Gasteiger partial charge in [0, 0.05) is 11.8 Å². The average Bonchev–Trinajstić information content (AvgIpc) is 2.26. The predicted molar refractivity (Wildman–Crippen MR) is 66.4 cm³/mol. The lowest BCUT2D eigenvalue weighted by Crippen LogP contribution is -2.48. The molecule has 0 atom stereocenters. The number of ether oxygens (including phenoxy) is 1. The van der Waals surface area contributed by atoms with Gasteiger partial charge in [0.25, 0.3) is 0 Å². The summed E-state index contributed by atoms with van der Waals surface area (Å²) in [5.74, 6) is -0.434. The summed E-state index contributed by atoms with van der Waals surface area (Å²) in [5, 5.41) is 13.8. The van der Waals surface area contributed by atoms with E-state index in [1.54, 1.807) is 13.8 Å². The van der Waals surface area contributed by atoms with E-state index in [2.05, 4.69) is 15.4 Å². The number of anilines is 1. The fourth-order valence-electron chi connectivity index (χ4n) is 1.28. The van der Waals surface area contributed by atoms with Crippen LogP contribution in [0, 0.1) is 0 Å². The third-order valence-corrected chi connectivity index (χ3v) is 2.17. The Morgan fingerprint density at radius 2 is 2.00 bits per heavy atom. The molecule has 2 amide bonds. The lowest BCUT2D eigenvalue weighted by Gasteiger charge is -2.23. The van der Waals surface area contributed by atoms with Crippen molar-refractivity contribution >= 4 is 11.7 Å². The lowest BCUT2D eigenvalue weighted by molar-refractivity contribution is -0.274. The van der Waals surface area contributed by atoms with Crippen LogP contribution >= 0.6 is 0 Å². The molecule has 0 aliphatic carbocycles. The van der Waals surface area contributed by atoms with Gasteiger partial charge in [-0.3, -0.25) is 0 Å². The van der Waals surface area contributed by atoms with Crippen LogP contribution in [0.1, 0.15) is 13.8 Å². The monoisotopic (exact) mass is 292 g/mol. The van der Waals surface area contributed by atoms with E-state index in [-0.39, 0.29) is 12.3 Å². The molecule has 0 aromatic heterocycles. The number of rotatable bonds is 4. The molecule has 0 aliphatic rings. The maximum absolute atomic E-state index is 12.1. The number of alkyl halides is 3. The van der Waals surface area contributed by atoms with Crippen LogP contribution in [0.4, 0.5) is 23.7 Å². The Hall–Kier alpha value is -1.96. The Kier molecular flexibility index (Phi) is 4.83. The van der Waals surface area contributed by atoms with E-state index in [9.17, 15) is 18.0 Å². The third kappa shape index (κ3) is 5.79. The summed E-state index contributed by atoms with van der Waals surface area (Å²) in [4.78, 5) is 11.6. The summed E-state index contributed by atoms with van der Waals surface area (Å²) in [6.45, 7) is 2.91. The molecule has 0 fully saturated rings. The van der Waals surface area contributed by atoms with E-state index in [0.29, 0.717) is 0 Å². The van der Waals surface area contributed by atoms with Crippen molar-refractivity contribution in [1.82, 2.24) is 5.32 Å². The molecule has 0 radical (unpaired) electrons. The Morgan fingerprint density at radius 1 is 1.35 bits per heavy atom. The maximum Gasteiger partial charge on any atom is 0.573 e.